The fourth-order valence-electron chi connectivity index (χ4n) is 2.69. The predicted octanol–water partition coefficient (Wildman–Crippen LogP) is 2.85. The second-order valence-corrected chi connectivity index (χ2v) is 5.21. The Morgan fingerprint density at radius 2 is 2.00 bits per heavy atom. The van der Waals surface area contributed by atoms with Crippen molar-refractivity contribution in [3.05, 3.63) is 59.5 Å². The molecule has 0 radical (unpaired) electrons. The molecule has 22 heavy (non-hydrogen) atoms. The molecule has 0 unspecified atom stereocenters. The van der Waals surface area contributed by atoms with Crippen LogP contribution in [0.1, 0.15) is 21.5 Å². The van der Waals surface area contributed by atoms with Crippen molar-refractivity contribution in [3.63, 3.8) is 0 Å². The van der Waals surface area contributed by atoms with Gasteiger partial charge in [0.1, 0.15) is 0 Å². The Morgan fingerprint density at radius 3 is 2.68 bits per heavy atom. The van der Waals surface area contributed by atoms with Crippen LogP contribution in [0, 0.1) is 13.8 Å². The van der Waals surface area contributed by atoms with Crippen LogP contribution in [0.5, 0.6) is 0 Å². The average Bonchev–Trinajstić information content (AvgIpc) is 2.96. The Hall–Kier alpha value is -2.95. The minimum absolute atomic E-state index is 0.456. The number of aromatic amines is 1. The lowest BCUT2D eigenvalue weighted by Crippen LogP contribution is -2.14. The molecule has 0 aliphatic heterocycles. The molecule has 2 heterocycles. The third-order valence-corrected chi connectivity index (χ3v) is 3.54. The first-order chi connectivity index (χ1) is 10.6. The molecule has 0 saturated carbocycles. The molecule has 110 valence electrons. The van der Waals surface area contributed by atoms with Crippen LogP contribution in [0.3, 0.4) is 0 Å². The number of hydrogen-bond donors (Lipinski definition) is 2. The highest BCUT2D eigenvalue weighted by molar-refractivity contribution is 6.02. The van der Waals surface area contributed by atoms with Gasteiger partial charge in [-0.1, -0.05) is 17.7 Å². The summed E-state index contributed by atoms with van der Waals surface area (Å²) >= 11 is 0. The van der Waals surface area contributed by atoms with Gasteiger partial charge in [0.2, 0.25) is 5.91 Å². The van der Waals surface area contributed by atoms with E-state index < -0.39 is 5.91 Å². The van der Waals surface area contributed by atoms with Crippen molar-refractivity contribution in [3.8, 4) is 22.6 Å². The number of H-pyrrole nitrogens is 1. The van der Waals surface area contributed by atoms with Crippen LogP contribution in [-0.4, -0.2) is 20.9 Å². The van der Waals surface area contributed by atoms with Crippen molar-refractivity contribution in [1.29, 1.82) is 0 Å². The normalized spacial score (nSPS) is 10.6. The van der Waals surface area contributed by atoms with Crippen LogP contribution in [0.15, 0.2) is 42.9 Å². The van der Waals surface area contributed by atoms with Crippen molar-refractivity contribution in [2.45, 2.75) is 13.8 Å². The second-order valence-electron chi connectivity index (χ2n) is 5.21. The van der Waals surface area contributed by atoms with Crippen LogP contribution < -0.4 is 5.73 Å². The van der Waals surface area contributed by atoms with Crippen LogP contribution >= 0.6 is 0 Å². The lowest BCUT2D eigenvalue weighted by Gasteiger charge is -2.11. The van der Waals surface area contributed by atoms with E-state index in [1.807, 2.05) is 44.2 Å². The summed E-state index contributed by atoms with van der Waals surface area (Å²) in [5.41, 5.74) is 10.9. The number of hydrogen-bond acceptors (Lipinski definition) is 3. The largest absolute Gasteiger partial charge is 0.366 e. The highest BCUT2D eigenvalue weighted by Gasteiger charge is 2.19. The molecule has 5 heteroatoms. The number of nitrogens with two attached hydrogens (primary N) is 1. The van der Waals surface area contributed by atoms with Crippen molar-refractivity contribution < 1.29 is 4.79 Å². The van der Waals surface area contributed by atoms with Gasteiger partial charge in [0.05, 0.1) is 29.0 Å². The number of imidazole rings is 1. The Labute approximate surface area is 128 Å². The summed E-state index contributed by atoms with van der Waals surface area (Å²) < 4.78 is 0. The first-order valence-corrected chi connectivity index (χ1v) is 6.94. The number of nitrogens with one attached hydrogen (secondary N) is 1. The number of aryl methyl sites for hydroxylation is 2. The van der Waals surface area contributed by atoms with Crippen molar-refractivity contribution in [2.24, 2.45) is 5.73 Å². The molecule has 0 spiro atoms. The number of carbonyl (C=O) groups is 1. The van der Waals surface area contributed by atoms with Gasteiger partial charge in [-0.3, -0.25) is 9.78 Å². The smallest absolute Gasteiger partial charge is 0.249 e. The molecule has 0 bridgehead atoms. The molecule has 3 rings (SSSR count). The van der Waals surface area contributed by atoms with Gasteiger partial charge in [-0.05, 0) is 37.6 Å². The average molecular weight is 292 g/mol. The van der Waals surface area contributed by atoms with Crippen LogP contribution in [-0.2, 0) is 0 Å². The minimum Gasteiger partial charge on any atom is -0.366 e. The maximum absolute atomic E-state index is 11.9. The van der Waals surface area contributed by atoms with Gasteiger partial charge < -0.3 is 10.7 Å². The molecule has 5 nitrogen and oxygen atoms in total. The molecule has 0 atom stereocenters. The quantitative estimate of drug-likeness (QED) is 0.778. The van der Waals surface area contributed by atoms with Gasteiger partial charge in [0.15, 0.2) is 0 Å². The van der Waals surface area contributed by atoms with Crippen LogP contribution in [0.4, 0.5) is 0 Å². The van der Waals surface area contributed by atoms with E-state index >= 15 is 0 Å². The molecule has 1 aromatic carbocycles. The number of carbonyl (C=O) groups excluding carboxylic acids is 1. The summed E-state index contributed by atoms with van der Waals surface area (Å²) in [6.45, 7) is 3.86. The predicted molar refractivity (Wildman–Crippen MR) is 85.2 cm³/mol. The number of benzene rings is 1. The van der Waals surface area contributed by atoms with E-state index in [-0.39, 0.29) is 0 Å². The van der Waals surface area contributed by atoms with Gasteiger partial charge in [-0.2, -0.15) is 0 Å². The van der Waals surface area contributed by atoms with E-state index in [1.54, 1.807) is 12.5 Å². The van der Waals surface area contributed by atoms with Gasteiger partial charge in [-0.15, -0.1) is 0 Å². The number of nitrogens with zero attached hydrogens (tertiary/aromatic N) is 2. The molecule has 0 aliphatic rings. The summed E-state index contributed by atoms with van der Waals surface area (Å²) in [6, 6.07) is 9.52. The third kappa shape index (κ3) is 2.37. The number of aromatic nitrogens is 3. The zero-order chi connectivity index (χ0) is 15.7. The maximum Gasteiger partial charge on any atom is 0.249 e. The van der Waals surface area contributed by atoms with Crippen molar-refractivity contribution >= 4 is 5.91 Å². The van der Waals surface area contributed by atoms with Gasteiger partial charge in [0, 0.05) is 11.8 Å². The van der Waals surface area contributed by atoms with Gasteiger partial charge in [-0.25, -0.2) is 4.98 Å². The Morgan fingerprint density at radius 1 is 1.18 bits per heavy atom. The lowest BCUT2D eigenvalue weighted by atomic mass is 9.95. The number of rotatable bonds is 3. The SMILES string of the molecule is Cc1cc(C)c(C(N)=O)c(-c2nc[nH]c2-c2ccccn2)c1. The highest BCUT2D eigenvalue weighted by atomic mass is 16.1. The summed E-state index contributed by atoms with van der Waals surface area (Å²) in [7, 11) is 0. The van der Waals surface area contributed by atoms with E-state index in [0.29, 0.717) is 11.3 Å². The molecule has 0 aliphatic carbocycles. The molecule has 3 N–H and O–H groups in total. The molecular formula is C17H16N4O. The summed E-state index contributed by atoms with van der Waals surface area (Å²) in [5, 5.41) is 0. The molecule has 0 fully saturated rings. The zero-order valence-corrected chi connectivity index (χ0v) is 12.4. The fraction of sp³-hybridized carbons (Fsp3) is 0.118. The van der Waals surface area contributed by atoms with Gasteiger partial charge in [0.25, 0.3) is 0 Å². The first-order valence-electron chi connectivity index (χ1n) is 6.94. The zero-order valence-electron chi connectivity index (χ0n) is 12.4. The fourth-order valence-corrected chi connectivity index (χ4v) is 2.69. The highest BCUT2D eigenvalue weighted by Crippen LogP contribution is 2.32. The standard InChI is InChI=1S/C17H16N4O/c1-10-7-11(2)14(17(18)22)12(8-10)15-16(21-9-20-15)13-5-3-4-6-19-13/h3-9H,1-2H3,(H2,18,22)(H,20,21). The Balaban J connectivity index is 2.26. The maximum atomic E-state index is 11.9. The first kappa shape index (κ1) is 14.0. The Bertz CT molecular complexity index is 837. The van der Waals surface area contributed by atoms with E-state index in [1.165, 1.54) is 0 Å². The van der Waals surface area contributed by atoms with E-state index in [0.717, 1.165) is 28.1 Å². The molecule has 2 aromatic heterocycles. The monoisotopic (exact) mass is 292 g/mol. The summed E-state index contributed by atoms with van der Waals surface area (Å²) in [5.74, 6) is -0.456. The molecule has 0 saturated heterocycles. The minimum atomic E-state index is -0.456. The molecule has 3 aromatic rings. The van der Waals surface area contributed by atoms with Crippen LogP contribution in [0.2, 0.25) is 0 Å². The number of pyridine rings is 1. The number of amides is 1. The van der Waals surface area contributed by atoms with Crippen LogP contribution in [0.25, 0.3) is 22.6 Å². The molecule has 1 amide bonds. The Kier molecular flexibility index (Phi) is 3.47. The van der Waals surface area contributed by atoms with E-state index in [4.69, 9.17) is 5.73 Å². The van der Waals surface area contributed by atoms with Gasteiger partial charge >= 0.3 is 0 Å². The topological polar surface area (TPSA) is 84.7 Å². The van der Waals surface area contributed by atoms with E-state index in [2.05, 4.69) is 15.0 Å². The summed E-state index contributed by atoms with van der Waals surface area (Å²) in [4.78, 5) is 23.7. The lowest BCUT2D eigenvalue weighted by molar-refractivity contribution is 0.100. The second kappa shape index (κ2) is 5.44. The summed E-state index contributed by atoms with van der Waals surface area (Å²) in [6.07, 6.45) is 3.32. The molecular weight excluding hydrogens is 276 g/mol. The van der Waals surface area contributed by atoms with Crippen molar-refractivity contribution in [2.75, 3.05) is 0 Å². The van der Waals surface area contributed by atoms with Crippen molar-refractivity contribution in [1.82, 2.24) is 15.0 Å². The third-order valence-electron chi connectivity index (χ3n) is 3.54. The number of primary amides is 1. The van der Waals surface area contributed by atoms with E-state index in [9.17, 15) is 4.79 Å².